The van der Waals surface area contributed by atoms with Gasteiger partial charge in [0.05, 0.1) is 17.6 Å². The number of halogens is 3. The number of pyridine rings is 1. The minimum atomic E-state index is -4.50. The Labute approximate surface area is 161 Å². The van der Waals surface area contributed by atoms with Gasteiger partial charge in [0.15, 0.2) is 0 Å². The second-order valence-electron chi connectivity index (χ2n) is 6.33. The highest BCUT2D eigenvalue weighted by Gasteiger charge is 2.32. The fourth-order valence-corrected chi connectivity index (χ4v) is 2.31. The maximum absolute atomic E-state index is 12.5. The molecule has 0 aliphatic rings. The molecule has 28 heavy (non-hydrogen) atoms. The van der Waals surface area contributed by atoms with Crippen molar-refractivity contribution in [1.29, 1.82) is 0 Å². The molecule has 0 aliphatic heterocycles. The highest BCUT2D eigenvalue weighted by Crippen LogP contribution is 2.28. The van der Waals surface area contributed by atoms with Crippen LogP contribution in [0.2, 0.25) is 0 Å². The van der Waals surface area contributed by atoms with Crippen molar-refractivity contribution in [3.8, 4) is 0 Å². The standard InChI is InChI=1S/C20H22F3N3O2/c1-5-26(4)12-25-17-8-7-16(13(2)14(17)3)19(27)28-11-15-6-9-18(24-10-15)20(21,22)23/h6-10,12H,5,11H2,1-4H3. The van der Waals surface area contributed by atoms with Crippen LogP contribution in [0.4, 0.5) is 18.9 Å². The molecule has 0 N–H and O–H groups in total. The zero-order valence-corrected chi connectivity index (χ0v) is 16.2. The number of hydrogen-bond donors (Lipinski definition) is 0. The average Bonchev–Trinajstić information content (AvgIpc) is 2.66. The van der Waals surface area contributed by atoms with Crippen LogP contribution in [0.15, 0.2) is 35.5 Å². The summed E-state index contributed by atoms with van der Waals surface area (Å²) in [5.41, 5.74) is 2.12. The molecular weight excluding hydrogens is 371 g/mol. The third kappa shape index (κ3) is 5.31. The van der Waals surface area contributed by atoms with Crippen molar-refractivity contribution in [2.24, 2.45) is 4.99 Å². The zero-order valence-electron chi connectivity index (χ0n) is 16.2. The van der Waals surface area contributed by atoms with E-state index in [-0.39, 0.29) is 6.61 Å². The van der Waals surface area contributed by atoms with Crippen molar-refractivity contribution in [1.82, 2.24) is 9.88 Å². The molecule has 5 nitrogen and oxygen atoms in total. The van der Waals surface area contributed by atoms with Crippen LogP contribution in [0, 0.1) is 13.8 Å². The van der Waals surface area contributed by atoms with Gasteiger partial charge >= 0.3 is 12.1 Å². The maximum Gasteiger partial charge on any atom is 0.433 e. The number of alkyl halides is 3. The van der Waals surface area contributed by atoms with E-state index < -0.39 is 17.8 Å². The van der Waals surface area contributed by atoms with Crippen molar-refractivity contribution in [3.05, 3.63) is 58.4 Å². The average molecular weight is 393 g/mol. The van der Waals surface area contributed by atoms with Crippen LogP contribution < -0.4 is 0 Å². The van der Waals surface area contributed by atoms with Crippen LogP contribution in [-0.2, 0) is 17.5 Å². The van der Waals surface area contributed by atoms with Crippen molar-refractivity contribution in [2.45, 2.75) is 33.6 Å². The topological polar surface area (TPSA) is 54.8 Å². The highest BCUT2D eigenvalue weighted by molar-refractivity contribution is 5.92. The van der Waals surface area contributed by atoms with Crippen molar-refractivity contribution in [2.75, 3.05) is 13.6 Å². The molecule has 1 aromatic carbocycles. The van der Waals surface area contributed by atoms with Gasteiger partial charge in [-0.05, 0) is 50.1 Å². The third-order valence-corrected chi connectivity index (χ3v) is 4.36. The van der Waals surface area contributed by atoms with E-state index in [1.165, 1.54) is 6.07 Å². The first-order valence-electron chi connectivity index (χ1n) is 8.67. The molecule has 0 saturated heterocycles. The van der Waals surface area contributed by atoms with E-state index in [0.29, 0.717) is 11.1 Å². The first-order valence-corrected chi connectivity index (χ1v) is 8.67. The summed E-state index contributed by atoms with van der Waals surface area (Å²) in [6.07, 6.45) is -1.73. The number of aliphatic imine (C=N–C) groups is 1. The van der Waals surface area contributed by atoms with E-state index in [1.54, 1.807) is 25.4 Å². The fraction of sp³-hybridized carbons (Fsp3) is 0.350. The number of esters is 1. The Morgan fingerprint density at radius 2 is 1.93 bits per heavy atom. The van der Waals surface area contributed by atoms with E-state index >= 15 is 0 Å². The Hall–Kier alpha value is -2.90. The van der Waals surface area contributed by atoms with E-state index in [9.17, 15) is 18.0 Å². The van der Waals surface area contributed by atoms with Gasteiger partial charge in [0.2, 0.25) is 0 Å². The molecule has 0 fully saturated rings. The number of hydrogen-bond acceptors (Lipinski definition) is 4. The van der Waals surface area contributed by atoms with E-state index in [0.717, 1.165) is 35.6 Å². The zero-order chi connectivity index (χ0) is 20.9. The molecule has 0 spiro atoms. The number of rotatable bonds is 6. The van der Waals surface area contributed by atoms with Gasteiger partial charge in [-0.3, -0.25) is 4.98 Å². The van der Waals surface area contributed by atoms with Crippen LogP contribution in [0.5, 0.6) is 0 Å². The summed E-state index contributed by atoms with van der Waals surface area (Å²) in [6.45, 7) is 6.34. The smallest absolute Gasteiger partial charge is 0.433 e. The normalized spacial score (nSPS) is 11.7. The molecule has 0 radical (unpaired) electrons. The van der Waals surface area contributed by atoms with Gasteiger partial charge in [-0.1, -0.05) is 6.07 Å². The van der Waals surface area contributed by atoms with E-state index in [4.69, 9.17) is 4.74 Å². The lowest BCUT2D eigenvalue weighted by atomic mass is 10.0. The van der Waals surface area contributed by atoms with Gasteiger partial charge in [0.25, 0.3) is 0 Å². The minimum Gasteiger partial charge on any atom is -0.457 e. The van der Waals surface area contributed by atoms with Gasteiger partial charge < -0.3 is 9.64 Å². The SMILES string of the molecule is CCN(C)C=Nc1ccc(C(=O)OCc2ccc(C(F)(F)F)nc2)c(C)c1C. The number of aromatic nitrogens is 1. The summed E-state index contributed by atoms with van der Waals surface area (Å²) in [5, 5.41) is 0. The van der Waals surface area contributed by atoms with Crippen molar-refractivity contribution >= 4 is 18.0 Å². The summed E-state index contributed by atoms with van der Waals surface area (Å²) in [5.74, 6) is -0.554. The quantitative estimate of drug-likeness (QED) is 0.406. The molecule has 0 atom stereocenters. The van der Waals surface area contributed by atoms with Crippen molar-refractivity contribution in [3.63, 3.8) is 0 Å². The predicted molar refractivity (Wildman–Crippen MR) is 101 cm³/mol. The van der Waals surface area contributed by atoms with Gasteiger partial charge in [-0.2, -0.15) is 13.2 Å². The monoisotopic (exact) mass is 393 g/mol. The molecule has 1 aromatic heterocycles. The molecule has 1 heterocycles. The molecule has 2 aromatic rings. The first kappa shape index (κ1) is 21.4. The maximum atomic E-state index is 12.5. The first-order chi connectivity index (χ1) is 13.1. The summed E-state index contributed by atoms with van der Waals surface area (Å²) >= 11 is 0. The molecule has 8 heteroatoms. The van der Waals surface area contributed by atoms with E-state index in [1.807, 2.05) is 25.8 Å². The number of carbonyl (C=O) groups excluding carboxylic acids is 1. The van der Waals surface area contributed by atoms with Crippen LogP contribution in [0.1, 0.15) is 39.7 Å². The van der Waals surface area contributed by atoms with Crippen LogP contribution in [0.25, 0.3) is 0 Å². The van der Waals surface area contributed by atoms with Crippen LogP contribution in [-0.4, -0.2) is 35.8 Å². The second-order valence-corrected chi connectivity index (χ2v) is 6.33. The number of ether oxygens (including phenoxy) is 1. The lowest BCUT2D eigenvalue weighted by Gasteiger charge is -2.13. The number of nitrogens with zero attached hydrogens (tertiary/aromatic N) is 3. The Balaban J connectivity index is 2.08. The largest absolute Gasteiger partial charge is 0.457 e. The molecule has 2 rings (SSSR count). The minimum absolute atomic E-state index is 0.163. The molecule has 150 valence electrons. The van der Waals surface area contributed by atoms with Gasteiger partial charge in [-0.25, -0.2) is 9.79 Å². The van der Waals surface area contributed by atoms with Crippen LogP contribution in [0.3, 0.4) is 0 Å². The third-order valence-electron chi connectivity index (χ3n) is 4.36. The second kappa shape index (κ2) is 8.86. The fourth-order valence-electron chi connectivity index (χ4n) is 2.31. The molecule has 0 aliphatic carbocycles. The molecular formula is C20H22F3N3O2. The molecule has 0 amide bonds. The number of carbonyl (C=O) groups is 1. The predicted octanol–water partition coefficient (Wildman–Crippen LogP) is 4.69. The lowest BCUT2D eigenvalue weighted by molar-refractivity contribution is -0.141. The molecule has 0 bridgehead atoms. The Kier molecular flexibility index (Phi) is 6.77. The molecule has 0 saturated carbocycles. The summed E-state index contributed by atoms with van der Waals surface area (Å²) in [7, 11) is 1.91. The summed E-state index contributed by atoms with van der Waals surface area (Å²) in [6, 6.07) is 5.47. The van der Waals surface area contributed by atoms with Gasteiger partial charge in [0, 0.05) is 25.4 Å². The highest BCUT2D eigenvalue weighted by atomic mass is 19.4. The lowest BCUT2D eigenvalue weighted by Crippen LogP contribution is -2.14. The van der Waals surface area contributed by atoms with E-state index in [2.05, 4.69) is 9.98 Å². The van der Waals surface area contributed by atoms with Crippen LogP contribution >= 0.6 is 0 Å². The van der Waals surface area contributed by atoms with Crippen molar-refractivity contribution < 1.29 is 22.7 Å². The Morgan fingerprint density at radius 1 is 1.21 bits per heavy atom. The van der Waals surface area contributed by atoms with Gasteiger partial charge in [0.1, 0.15) is 12.3 Å². The van der Waals surface area contributed by atoms with Gasteiger partial charge in [-0.15, -0.1) is 0 Å². The summed E-state index contributed by atoms with van der Waals surface area (Å²) < 4.78 is 42.8. The Morgan fingerprint density at radius 3 is 2.50 bits per heavy atom. The number of benzene rings is 1. The Bertz CT molecular complexity index is 862. The molecule has 0 unspecified atom stereocenters. The summed E-state index contributed by atoms with van der Waals surface area (Å²) in [4.78, 5) is 22.1.